The van der Waals surface area contributed by atoms with Gasteiger partial charge in [0.2, 0.25) is 0 Å². The summed E-state index contributed by atoms with van der Waals surface area (Å²) < 4.78 is 0. The number of carboxylic acid groups (broad SMARTS) is 1. The molecule has 1 aliphatic heterocycles. The van der Waals surface area contributed by atoms with Crippen molar-refractivity contribution in [1.82, 2.24) is 9.80 Å². The number of hydrogen-bond acceptors (Lipinski definition) is 2. The van der Waals surface area contributed by atoms with Gasteiger partial charge in [0, 0.05) is 25.8 Å². The highest BCUT2D eigenvalue weighted by Gasteiger charge is 2.32. The second-order valence-corrected chi connectivity index (χ2v) is 4.80. The lowest BCUT2D eigenvalue weighted by Gasteiger charge is -2.37. The average molecular weight is 238 g/mol. The first-order chi connectivity index (χ1) is 8.09. The Balaban J connectivity index is 1.96. The van der Waals surface area contributed by atoms with E-state index in [9.17, 15) is 9.59 Å². The molecule has 0 atom stereocenters. The van der Waals surface area contributed by atoms with E-state index in [1.807, 2.05) is 12.3 Å². The third kappa shape index (κ3) is 2.43. The van der Waals surface area contributed by atoms with Crippen LogP contribution in [0.3, 0.4) is 0 Å². The van der Waals surface area contributed by atoms with Crippen LogP contribution in [0.15, 0.2) is 12.3 Å². The van der Waals surface area contributed by atoms with E-state index in [0.29, 0.717) is 19.4 Å². The second kappa shape index (κ2) is 4.77. The lowest BCUT2D eigenvalue weighted by atomic mass is 9.85. The first-order valence-electron chi connectivity index (χ1n) is 6.02. The van der Waals surface area contributed by atoms with Crippen molar-refractivity contribution in [3.8, 4) is 0 Å². The fourth-order valence-corrected chi connectivity index (χ4v) is 2.54. The number of carbonyl (C=O) groups excluding carboxylic acids is 1. The molecule has 1 heterocycles. The summed E-state index contributed by atoms with van der Waals surface area (Å²) in [7, 11) is 1.78. The van der Waals surface area contributed by atoms with Crippen LogP contribution in [0.2, 0.25) is 0 Å². The molecule has 1 N–H and O–H groups in total. The maximum atomic E-state index is 11.9. The molecule has 0 saturated heterocycles. The molecule has 2 rings (SSSR count). The van der Waals surface area contributed by atoms with Crippen molar-refractivity contribution in [3.63, 3.8) is 0 Å². The predicted octanol–water partition coefficient (Wildman–Crippen LogP) is 1.51. The molecule has 5 nitrogen and oxygen atoms in total. The van der Waals surface area contributed by atoms with E-state index in [-0.39, 0.29) is 18.0 Å². The molecule has 94 valence electrons. The Morgan fingerprint density at radius 1 is 1.35 bits per heavy atom. The lowest BCUT2D eigenvalue weighted by Crippen LogP contribution is -2.47. The zero-order chi connectivity index (χ0) is 12.4. The highest BCUT2D eigenvalue weighted by molar-refractivity contribution is 5.77. The topological polar surface area (TPSA) is 60.9 Å². The minimum atomic E-state index is -0.707. The Kier molecular flexibility index (Phi) is 3.36. The molecule has 0 bridgehead atoms. The van der Waals surface area contributed by atoms with Crippen LogP contribution in [-0.4, -0.2) is 46.5 Å². The van der Waals surface area contributed by atoms with E-state index in [1.54, 1.807) is 16.8 Å². The lowest BCUT2D eigenvalue weighted by molar-refractivity contribution is -0.143. The number of urea groups is 1. The van der Waals surface area contributed by atoms with E-state index in [1.165, 1.54) is 0 Å². The quantitative estimate of drug-likeness (QED) is 0.793. The summed E-state index contributed by atoms with van der Waals surface area (Å²) in [5, 5.41) is 8.93. The number of likely N-dealkylation sites (N-methyl/N-ethyl adjacent to an activating group) is 1. The third-order valence-electron chi connectivity index (χ3n) is 3.63. The van der Waals surface area contributed by atoms with Crippen LogP contribution in [0.5, 0.6) is 0 Å². The molecular weight excluding hydrogens is 220 g/mol. The van der Waals surface area contributed by atoms with Crippen LogP contribution in [0, 0.1) is 5.92 Å². The van der Waals surface area contributed by atoms with Gasteiger partial charge in [-0.3, -0.25) is 9.69 Å². The summed E-state index contributed by atoms with van der Waals surface area (Å²) in [6.07, 6.45) is 6.70. The molecule has 0 unspecified atom stereocenters. The van der Waals surface area contributed by atoms with Crippen LogP contribution in [0.25, 0.3) is 0 Å². The maximum absolute atomic E-state index is 11.9. The predicted molar refractivity (Wildman–Crippen MR) is 62.4 cm³/mol. The van der Waals surface area contributed by atoms with Crippen molar-refractivity contribution < 1.29 is 14.7 Å². The van der Waals surface area contributed by atoms with Gasteiger partial charge in [0.1, 0.15) is 0 Å². The van der Waals surface area contributed by atoms with E-state index in [2.05, 4.69) is 0 Å². The van der Waals surface area contributed by atoms with Crippen molar-refractivity contribution in [2.45, 2.75) is 31.7 Å². The van der Waals surface area contributed by atoms with Gasteiger partial charge in [-0.05, 0) is 31.8 Å². The highest BCUT2D eigenvalue weighted by atomic mass is 16.4. The van der Waals surface area contributed by atoms with E-state index >= 15 is 0 Å². The molecule has 0 aromatic heterocycles. The summed E-state index contributed by atoms with van der Waals surface area (Å²) in [5.41, 5.74) is 0. The number of rotatable bonds is 2. The molecule has 1 aliphatic carbocycles. The number of amides is 2. The molecule has 0 aromatic rings. The van der Waals surface area contributed by atoms with Crippen molar-refractivity contribution in [1.29, 1.82) is 0 Å². The molecule has 0 spiro atoms. The fraction of sp³-hybridized carbons (Fsp3) is 0.667. The Hall–Kier alpha value is -1.52. The van der Waals surface area contributed by atoms with E-state index in [4.69, 9.17) is 5.11 Å². The molecule has 2 amide bonds. The zero-order valence-electron chi connectivity index (χ0n) is 10.0. The fourth-order valence-electron chi connectivity index (χ4n) is 2.54. The van der Waals surface area contributed by atoms with Gasteiger partial charge in [0.05, 0.1) is 5.92 Å². The highest BCUT2D eigenvalue weighted by Crippen LogP contribution is 2.29. The minimum Gasteiger partial charge on any atom is -0.481 e. The number of carboxylic acids is 1. The number of carbonyl (C=O) groups is 2. The molecule has 5 heteroatoms. The van der Waals surface area contributed by atoms with Crippen LogP contribution in [0.4, 0.5) is 4.79 Å². The molecule has 0 radical (unpaired) electrons. The van der Waals surface area contributed by atoms with Crippen LogP contribution in [0.1, 0.15) is 25.7 Å². The summed E-state index contributed by atoms with van der Waals surface area (Å²) in [6.45, 7) is 0.653. The summed E-state index contributed by atoms with van der Waals surface area (Å²) in [5.74, 6) is -0.936. The van der Waals surface area contributed by atoms with Gasteiger partial charge in [-0.2, -0.15) is 0 Å². The van der Waals surface area contributed by atoms with Crippen molar-refractivity contribution >= 4 is 12.0 Å². The first-order valence-corrected chi connectivity index (χ1v) is 6.02. The Morgan fingerprint density at radius 2 is 2.00 bits per heavy atom. The van der Waals surface area contributed by atoms with Crippen LogP contribution < -0.4 is 0 Å². The Labute approximate surface area is 101 Å². The zero-order valence-corrected chi connectivity index (χ0v) is 10.0. The molecular formula is C12H18N2O3. The number of nitrogens with zero attached hydrogens (tertiary/aromatic N) is 2. The van der Waals surface area contributed by atoms with Gasteiger partial charge < -0.3 is 10.0 Å². The number of aliphatic carboxylic acids is 1. The molecule has 0 aromatic carbocycles. The standard InChI is InChI=1S/C12H18N2O3/c1-13-7-2-8-14(12(13)17)10-5-3-9(4-6-10)11(15)16/h2,8-10H,3-7H2,1H3,(H,15,16). The van der Waals surface area contributed by atoms with Gasteiger partial charge in [0.25, 0.3) is 0 Å². The Bertz CT molecular complexity index is 346. The van der Waals surface area contributed by atoms with E-state index in [0.717, 1.165) is 12.8 Å². The van der Waals surface area contributed by atoms with Gasteiger partial charge in [-0.1, -0.05) is 0 Å². The molecule has 17 heavy (non-hydrogen) atoms. The summed E-state index contributed by atoms with van der Waals surface area (Å²) in [4.78, 5) is 26.2. The van der Waals surface area contributed by atoms with Gasteiger partial charge in [-0.25, -0.2) is 4.79 Å². The first kappa shape index (κ1) is 12.0. The van der Waals surface area contributed by atoms with Gasteiger partial charge in [-0.15, -0.1) is 0 Å². The van der Waals surface area contributed by atoms with Gasteiger partial charge >= 0.3 is 12.0 Å². The second-order valence-electron chi connectivity index (χ2n) is 4.80. The average Bonchev–Trinajstić information content (AvgIpc) is 2.33. The summed E-state index contributed by atoms with van der Waals surface area (Å²) in [6, 6.07) is 0.184. The summed E-state index contributed by atoms with van der Waals surface area (Å²) >= 11 is 0. The Morgan fingerprint density at radius 3 is 2.59 bits per heavy atom. The van der Waals surface area contributed by atoms with Crippen molar-refractivity contribution in [2.24, 2.45) is 5.92 Å². The monoisotopic (exact) mass is 238 g/mol. The van der Waals surface area contributed by atoms with Crippen LogP contribution >= 0.6 is 0 Å². The van der Waals surface area contributed by atoms with Crippen LogP contribution in [-0.2, 0) is 4.79 Å². The largest absolute Gasteiger partial charge is 0.481 e. The number of hydrogen-bond donors (Lipinski definition) is 1. The third-order valence-corrected chi connectivity index (χ3v) is 3.63. The van der Waals surface area contributed by atoms with Crippen molar-refractivity contribution in [3.05, 3.63) is 12.3 Å². The van der Waals surface area contributed by atoms with Crippen molar-refractivity contribution in [2.75, 3.05) is 13.6 Å². The minimum absolute atomic E-state index is 0.0197. The normalized spacial score (nSPS) is 29.6. The molecule has 1 fully saturated rings. The van der Waals surface area contributed by atoms with Gasteiger partial charge in [0.15, 0.2) is 0 Å². The van der Waals surface area contributed by atoms with E-state index < -0.39 is 5.97 Å². The molecule has 1 saturated carbocycles. The maximum Gasteiger partial charge on any atom is 0.324 e. The SMILES string of the molecule is CN1CC=CN(C2CCC(C(=O)O)CC2)C1=O. The smallest absolute Gasteiger partial charge is 0.324 e. The molecule has 2 aliphatic rings.